The van der Waals surface area contributed by atoms with E-state index in [0.717, 1.165) is 28.0 Å². The Hall–Kier alpha value is -2.21. The second-order valence-electron chi connectivity index (χ2n) is 5.27. The molecule has 1 N–H and O–H groups in total. The number of carbonyl (C=O) groups excluding carboxylic acids is 1. The van der Waals surface area contributed by atoms with Gasteiger partial charge in [0.25, 0.3) is 0 Å². The number of hydrogen-bond donors (Lipinski definition) is 1. The van der Waals surface area contributed by atoms with Gasteiger partial charge >= 0.3 is 0 Å². The topological polar surface area (TPSA) is 59.8 Å². The Morgan fingerprint density at radius 2 is 2.18 bits per heavy atom. The van der Waals surface area contributed by atoms with E-state index in [1.54, 1.807) is 4.68 Å². The van der Waals surface area contributed by atoms with E-state index in [1.165, 1.54) is 16.9 Å². The molecule has 3 rings (SSSR count). The standard InChI is InChI=1S/C16H18N4OS/c1-4-12-6-5-7-13-15(12)18-16(22-13)17-14(21)9-20-11(3)8-10(2)19-20/h5-8H,4,9H2,1-3H3,(H,17,18,21). The minimum Gasteiger partial charge on any atom is -0.300 e. The van der Waals surface area contributed by atoms with Crippen LogP contribution in [-0.4, -0.2) is 20.7 Å². The second-order valence-corrected chi connectivity index (χ2v) is 6.30. The number of para-hydroxylation sites is 1. The average molecular weight is 314 g/mol. The highest BCUT2D eigenvalue weighted by atomic mass is 32.1. The van der Waals surface area contributed by atoms with Gasteiger partial charge in [0.05, 0.1) is 15.9 Å². The molecule has 2 aromatic heterocycles. The SMILES string of the molecule is CCc1cccc2sc(NC(=O)Cn3nc(C)cc3C)nc12. The number of rotatable bonds is 4. The van der Waals surface area contributed by atoms with Crippen molar-refractivity contribution in [3.63, 3.8) is 0 Å². The maximum absolute atomic E-state index is 12.2. The van der Waals surface area contributed by atoms with Gasteiger partial charge in [0.1, 0.15) is 6.54 Å². The number of fused-ring (bicyclic) bond motifs is 1. The lowest BCUT2D eigenvalue weighted by Crippen LogP contribution is -2.20. The van der Waals surface area contributed by atoms with Crippen molar-refractivity contribution >= 4 is 32.6 Å². The van der Waals surface area contributed by atoms with Crippen molar-refractivity contribution in [1.82, 2.24) is 14.8 Å². The first kappa shape index (κ1) is 14.7. The molecule has 22 heavy (non-hydrogen) atoms. The van der Waals surface area contributed by atoms with Crippen molar-refractivity contribution in [3.05, 3.63) is 41.2 Å². The van der Waals surface area contributed by atoms with Gasteiger partial charge in [-0.3, -0.25) is 9.48 Å². The van der Waals surface area contributed by atoms with Crippen LogP contribution in [0.5, 0.6) is 0 Å². The summed E-state index contributed by atoms with van der Waals surface area (Å²) in [5.74, 6) is -0.108. The predicted molar refractivity (Wildman–Crippen MR) is 89.3 cm³/mol. The molecule has 0 aliphatic rings. The van der Waals surface area contributed by atoms with Crippen LogP contribution in [0.2, 0.25) is 0 Å². The number of nitrogens with one attached hydrogen (secondary N) is 1. The Balaban J connectivity index is 1.78. The summed E-state index contributed by atoms with van der Waals surface area (Å²) in [4.78, 5) is 16.7. The molecule has 2 heterocycles. The summed E-state index contributed by atoms with van der Waals surface area (Å²) < 4.78 is 2.80. The van der Waals surface area contributed by atoms with Crippen LogP contribution in [0.3, 0.4) is 0 Å². The van der Waals surface area contributed by atoms with Crippen molar-refractivity contribution < 1.29 is 4.79 Å². The van der Waals surface area contributed by atoms with Crippen LogP contribution >= 0.6 is 11.3 Å². The molecule has 0 spiro atoms. The molecule has 0 atom stereocenters. The third kappa shape index (κ3) is 2.87. The molecule has 114 valence electrons. The lowest BCUT2D eigenvalue weighted by Gasteiger charge is -2.03. The summed E-state index contributed by atoms with van der Waals surface area (Å²) in [6.07, 6.45) is 0.931. The van der Waals surface area contributed by atoms with Crippen LogP contribution in [0.1, 0.15) is 23.9 Å². The normalized spacial score (nSPS) is 11.0. The summed E-state index contributed by atoms with van der Waals surface area (Å²) in [5.41, 5.74) is 4.08. The lowest BCUT2D eigenvalue weighted by molar-refractivity contribution is -0.116. The zero-order chi connectivity index (χ0) is 15.7. The summed E-state index contributed by atoms with van der Waals surface area (Å²) >= 11 is 1.50. The molecule has 1 aromatic carbocycles. The zero-order valence-electron chi connectivity index (χ0n) is 12.9. The van der Waals surface area contributed by atoms with E-state index < -0.39 is 0 Å². The molecule has 0 fully saturated rings. The molecule has 1 amide bonds. The molecule has 0 saturated carbocycles. The van der Waals surface area contributed by atoms with Crippen LogP contribution in [0.25, 0.3) is 10.2 Å². The summed E-state index contributed by atoms with van der Waals surface area (Å²) in [6.45, 7) is 6.17. The van der Waals surface area contributed by atoms with Gasteiger partial charge in [0, 0.05) is 5.69 Å². The third-order valence-electron chi connectivity index (χ3n) is 3.53. The Labute approximate surface area is 133 Å². The monoisotopic (exact) mass is 314 g/mol. The number of thiazole rings is 1. The molecule has 0 bridgehead atoms. The molecular formula is C16H18N4OS. The number of amides is 1. The van der Waals surface area contributed by atoms with Crippen molar-refractivity contribution in [2.75, 3.05) is 5.32 Å². The first-order valence-electron chi connectivity index (χ1n) is 7.26. The fourth-order valence-electron chi connectivity index (χ4n) is 2.47. The van der Waals surface area contributed by atoms with Crippen molar-refractivity contribution in [2.24, 2.45) is 0 Å². The van der Waals surface area contributed by atoms with Gasteiger partial charge in [0.15, 0.2) is 5.13 Å². The minimum atomic E-state index is -0.108. The number of aromatic nitrogens is 3. The van der Waals surface area contributed by atoms with Gasteiger partial charge < -0.3 is 5.32 Å². The van der Waals surface area contributed by atoms with Gasteiger partial charge in [-0.1, -0.05) is 30.4 Å². The van der Waals surface area contributed by atoms with Gasteiger partial charge in [-0.15, -0.1) is 0 Å². The average Bonchev–Trinajstić information content (AvgIpc) is 3.01. The van der Waals surface area contributed by atoms with E-state index >= 15 is 0 Å². The molecule has 3 aromatic rings. The first-order valence-corrected chi connectivity index (χ1v) is 8.08. The number of aryl methyl sites for hydroxylation is 3. The molecule has 0 aliphatic heterocycles. The number of hydrogen-bond acceptors (Lipinski definition) is 4. The summed E-state index contributed by atoms with van der Waals surface area (Å²) in [5, 5.41) is 7.82. The van der Waals surface area contributed by atoms with Crippen LogP contribution in [0.15, 0.2) is 24.3 Å². The number of anilines is 1. The highest BCUT2D eigenvalue weighted by Crippen LogP contribution is 2.28. The van der Waals surface area contributed by atoms with E-state index in [1.807, 2.05) is 32.0 Å². The van der Waals surface area contributed by atoms with Crippen molar-refractivity contribution in [1.29, 1.82) is 0 Å². The maximum Gasteiger partial charge on any atom is 0.247 e. The van der Waals surface area contributed by atoms with Gasteiger partial charge in [-0.25, -0.2) is 4.98 Å². The highest BCUT2D eigenvalue weighted by Gasteiger charge is 2.11. The van der Waals surface area contributed by atoms with E-state index in [-0.39, 0.29) is 12.5 Å². The largest absolute Gasteiger partial charge is 0.300 e. The van der Waals surface area contributed by atoms with E-state index in [4.69, 9.17) is 0 Å². The molecule has 0 aliphatic carbocycles. The van der Waals surface area contributed by atoms with Crippen LogP contribution in [0, 0.1) is 13.8 Å². The Morgan fingerprint density at radius 3 is 2.86 bits per heavy atom. The van der Waals surface area contributed by atoms with Gasteiger partial charge in [0.2, 0.25) is 5.91 Å². The number of benzene rings is 1. The molecular weight excluding hydrogens is 296 g/mol. The molecule has 5 nitrogen and oxygen atoms in total. The Morgan fingerprint density at radius 1 is 1.36 bits per heavy atom. The number of nitrogens with zero attached hydrogens (tertiary/aromatic N) is 3. The Bertz CT molecular complexity index is 834. The quantitative estimate of drug-likeness (QED) is 0.803. The highest BCUT2D eigenvalue weighted by molar-refractivity contribution is 7.22. The summed E-state index contributed by atoms with van der Waals surface area (Å²) in [6, 6.07) is 8.09. The first-order chi connectivity index (χ1) is 10.6. The zero-order valence-corrected chi connectivity index (χ0v) is 13.7. The molecule has 0 radical (unpaired) electrons. The molecule has 6 heteroatoms. The van der Waals surface area contributed by atoms with Crippen LogP contribution < -0.4 is 5.32 Å². The van der Waals surface area contributed by atoms with Crippen molar-refractivity contribution in [3.8, 4) is 0 Å². The minimum absolute atomic E-state index is 0.108. The van der Waals surface area contributed by atoms with E-state index in [2.05, 4.69) is 28.4 Å². The lowest BCUT2D eigenvalue weighted by atomic mass is 10.1. The smallest absolute Gasteiger partial charge is 0.247 e. The Kier molecular flexibility index (Phi) is 3.94. The van der Waals surface area contributed by atoms with E-state index in [0.29, 0.717) is 5.13 Å². The number of carbonyl (C=O) groups is 1. The maximum atomic E-state index is 12.2. The van der Waals surface area contributed by atoms with Gasteiger partial charge in [-0.05, 0) is 38.0 Å². The second kappa shape index (κ2) is 5.88. The van der Waals surface area contributed by atoms with Crippen molar-refractivity contribution in [2.45, 2.75) is 33.7 Å². The summed E-state index contributed by atoms with van der Waals surface area (Å²) in [7, 11) is 0. The fourth-order valence-corrected chi connectivity index (χ4v) is 3.40. The third-order valence-corrected chi connectivity index (χ3v) is 4.46. The van der Waals surface area contributed by atoms with E-state index in [9.17, 15) is 4.79 Å². The van der Waals surface area contributed by atoms with Crippen LogP contribution in [-0.2, 0) is 17.8 Å². The fraction of sp³-hybridized carbons (Fsp3) is 0.312. The molecule has 0 saturated heterocycles. The molecule has 0 unspecified atom stereocenters. The predicted octanol–water partition coefficient (Wildman–Crippen LogP) is 3.31. The van der Waals surface area contributed by atoms with Crippen LogP contribution in [0.4, 0.5) is 5.13 Å². The van der Waals surface area contributed by atoms with Gasteiger partial charge in [-0.2, -0.15) is 5.10 Å².